The highest BCUT2D eigenvalue weighted by molar-refractivity contribution is 7.80. The summed E-state index contributed by atoms with van der Waals surface area (Å²) >= 11 is 0. The Morgan fingerprint density at radius 1 is 0.526 bits per heavy atom. The molecule has 0 unspecified atom stereocenters. The van der Waals surface area contributed by atoms with Crippen LogP contribution in [-0.2, 0) is 33.6 Å². The minimum absolute atomic E-state index is 1.26. The van der Waals surface area contributed by atoms with Gasteiger partial charge in [0.25, 0.3) is 0 Å². The van der Waals surface area contributed by atoms with E-state index in [0.29, 0.717) is 0 Å². The summed E-state index contributed by atoms with van der Waals surface area (Å²) in [7, 11) is -9.33. The zero-order valence-electron chi connectivity index (χ0n) is 23.0. The second kappa shape index (κ2) is 21.3. The van der Waals surface area contributed by atoms with E-state index in [1.807, 2.05) is 0 Å². The van der Waals surface area contributed by atoms with Crippen LogP contribution in [0.5, 0.6) is 0 Å². The van der Waals surface area contributed by atoms with E-state index in [1.165, 1.54) is 114 Å². The fourth-order valence-electron chi connectivity index (χ4n) is 4.44. The van der Waals surface area contributed by atoms with Crippen LogP contribution >= 0.6 is 0 Å². The molecule has 10 heteroatoms. The average Bonchev–Trinajstić information content (AvgIpc) is 2.81. The third kappa shape index (κ3) is 23.5. The lowest BCUT2D eigenvalue weighted by atomic mass is 9.91. The minimum atomic E-state index is -4.67. The van der Waals surface area contributed by atoms with Gasteiger partial charge < -0.3 is 0 Å². The highest BCUT2D eigenvalue weighted by atomic mass is 32.3. The van der Waals surface area contributed by atoms with Crippen LogP contribution in [0.1, 0.15) is 115 Å². The van der Waals surface area contributed by atoms with Gasteiger partial charge in [-0.2, -0.15) is 16.8 Å². The van der Waals surface area contributed by atoms with E-state index in [2.05, 4.69) is 50.2 Å². The van der Waals surface area contributed by atoms with Gasteiger partial charge in [0.1, 0.15) is 0 Å². The van der Waals surface area contributed by atoms with Crippen molar-refractivity contribution < 1.29 is 35.0 Å². The Bertz CT molecular complexity index is 1040. The van der Waals surface area contributed by atoms with Crippen LogP contribution in [0.3, 0.4) is 0 Å². The van der Waals surface area contributed by atoms with Crippen LogP contribution in [0.4, 0.5) is 0 Å². The number of rotatable bonds is 16. The number of hydrogen-bond acceptors (Lipinski definition) is 4. The first-order valence-electron chi connectivity index (χ1n) is 13.8. The number of aryl methyl sites for hydroxylation is 2. The molecule has 0 aliphatic carbocycles. The van der Waals surface area contributed by atoms with Gasteiger partial charge >= 0.3 is 20.8 Å². The second-order valence-electron chi connectivity index (χ2n) is 9.56. The Balaban J connectivity index is 0.00000116. The van der Waals surface area contributed by atoms with Crippen molar-refractivity contribution in [1.29, 1.82) is 0 Å². The van der Waals surface area contributed by atoms with Crippen LogP contribution in [0.15, 0.2) is 36.4 Å². The molecule has 0 aliphatic heterocycles. The lowest BCUT2D eigenvalue weighted by Gasteiger charge is -2.14. The van der Waals surface area contributed by atoms with Crippen LogP contribution in [0.2, 0.25) is 0 Å². The molecule has 0 bridgehead atoms. The summed E-state index contributed by atoms with van der Waals surface area (Å²) in [5.74, 6) is 0. The van der Waals surface area contributed by atoms with E-state index < -0.39 is 20.8 Å². The van der Waals surface area contributed by atoms with Gasteiger partial charge in [-0.3, -0.25) is 18.2 Å². The third-order valence-electron chi connectivity index (χ3n) is 6.22. The molecule has 220 valence electrons. The molecule has 0 amide bonds. The summed E-state index contributed by atoms with van der Waals surface area (Å²) in [6.45, 7) is 4.60. The van der Waals surface area contributed by atoms with E-state index >= 15 is 0 Å². The summed E-state index contributed by atoms with van der Waals surface area (Å²) in [6.07, 6.45) is 22.1. The van der Waals surface area contributed by atoms with Crippen LogP contribution < -0.4 is 0 Å². The predicted molar refractivity (Wildman–Crippen MR) is 156 cm³/mol. The van der Waals surface area contributed by atoms with E-state index in [1.54, 1.807) is 11.1 Å². The Labute approximate surface area is 230 Å². The van der Waals surface area contributed by atoms with Crippen molar-refractivity contribution in [2.24, 2.45) is 0 Å². The molecule has 2 rings (SSSR count). The smallest absolute Gasteiger partial charge is 0.264 e. The van der Waals surface area contributed by atoms with E-state index in [9.17, 15) is 0 Å². The first-order valence-corrected chi connectivity index (χ1v) is 16.6. The van der Waals surface area contributed by atoms with Crippen molar-refractivity contribution in [3.05, 3.63) is 47.5 Å². The standard InChI is InChI=1S/C28H44.2H2O4S/c1-3-5-7-9-11-13-15-19-25-23-24-26-20-17-18-22-28(26)27(25)21-16-14-12-10-8-6-4-2;2*1-5(2,3)4/h17-18,20,22-24H,3-16,19,21H2,1-2H3;2*(H2,1,2,3,4). The third-order valence-corrected chi connectivity index (χ3v) is 6.22. The Morgan fingerprint density at radius 3 is 1.39 bits per heavy atom. The molecule has 8 nitrogen and oxygen atoms in total. The summed E-state index contributed by atoms with van der Waals surface area (Å²) in [5, 5.41) is 2.93. The maximum absolute atomic E-state index is 8.74. The highest BCUT2D eigenvalue weighted by Gasteiger charge is 2.08. The SMILES string of the molecule is CCCCCCCCCc1ccc2ccccc2c1CCCCCCCCC.O=S(=O)(O)O.O=S(=O)(O)O. The largest absolute Gasteiger partial charge is 0.394 e. The number of fused-ring (bicyclic) bond motifs is 1. The molecule has 0 atom stereocenters. The lowest BCUT2D eigenvalue weighted by Crippen LogP contribution is -1.97. The Kier molecular flexibility index (Phi) is 20.4. The van der Waals surface area contributed by atoms with E-state index in [-0.39, 0.29) is 0 Å². The Morgan fingerprint density at radius 2 is 0.921 bits per heavy atom. The molecule has 0 saturated heterocycles. The van der Waals surface area contributed by atoms with Crippen molar-refractivity contribution in [2.45, 2.75) is 117 Å². The molecule has 0 heterocycles. The van der Waals surface area contributed by atoms with Crippen LogP contribution in [-0.4, -0.2) is 35.0 Å². The van der Waals surface area contributed by atoms with Gasteiger partial charge in [0.05, 0.1) is 0 Å². The van der Waals surface area contributed by atoms with Crippen LogP contribution in [0.25, 0.3) is 10.8 Å². The topological polar surface area (TPSA) is 149 Å². The summed E-state index contributed by atoms with van der Waals surface area (Å²) in [6, 6.07) is 13.8. The maximum Gasteiger partial charge on any atom is 0.394 e. The van der Waals surface area contributed by atoms with Crippen molar-refractivity contribution in [2.75, 3.05) is 0 Å². The van der Waals surface area contributed by atoms with Crippen LogP contribution in [0, 0.1) is 0 Å². The minimum Gasteiger partial charge on any atom is -0.264 e. The van der Waals surface area contributed by atoms with Crippen molar-refractivity contribution in [1.82, 2.24) is 0 Å². The van der Waals surface area contributed by atoms with E-state index in [4.69, 9.17) is 35.0 Å². The average molecular weight is 577 g/mol. The first-order chi connectivity index (χ1) is 17.9. The van der Waals surface area contributed by atoms with Gasteiger partial charge in [0.15, 0.2) is 0 Å². The van der Waals surface area contributed by atoms with Gasteiger partial charge in [-0.1, -0.05) is 127 Å². The summed E-state index contributed by atoms with van der Waals surface area (Å²) < 4.78 is 63.2. The molecule has 2 aromatic carbocycles. The zero-order chi connectivity index (χ0) is 28.9. The number of unbranched alkanes of at least 4 members (excludes halogenated alkanes) is 12. The van der Waals surface area contributed by atoms with Gasteiger partial charge in [-0.05, 0) is 47.6 Å². The van der Waals surface area contributed by atoms with Gasteiger partial charge in [-0.15, -0.1) is 0 Å². The molecule has 0 aliphatic rings. The first kappa shape index (κ1) is 36.4. The quantitative estimate of drug-likeness (QED) is 0.116. The molecule has 0 aromatic heterocycles. The second-order valence-corrected chi connectivity index (χ2v) is 11.4. The Hall–Kier alpha value is -1.56. The molecule has 0 radical (unpaired) electrons. The molecule has 0 spiro atoms. The summed E-state index contributed by atoms with van der Waals surface area (Å²) in [4.78, 5) is 0. The predicted octanol–water partition coefficient (Wildman–Crippen LogP) is 8.12. The highest BCUT2D eigenvalue weighted by Crippen LogP contribution is 2.26. The van der Waals surface area contributed by atoms with Crippen molar-refractivity contribution in [3.63, 3.8) is 0 Å². The molecule has 0 fully saturated rings. The number of hydrogen-bond donors (Lipinski definition) is 4. The monoisotopic (exact) mass is 576 g/mol. The number of benzene rings is 2. The van der Waals surface area contributed by atoms with Crippen molar-refractivity contribution in [3.8, 4) is 0 Å². The molecular formula is C28H48O8S2. The molecule has 4 N–H and O–H groups in total. The van der Waals surface area contributed by atoms with Gasteiger partial charge in [0, 0.05) is 0 Å². The maximum atomic E-state index is 8.74. The fourth-order valence-corrected chi connectivity index (χ4v) is 4.44. The summed E-state index contributed by atoms with van der Waals surface area (Å²) in [5.41, 5.74) is 3.27. The lowest BCUT2D eigenvalue weighted by molar-refractivity contribution is 0.378. The molecule has 2 aromatic rings. The van der Waals surface area contributed by atoms with Crippen molar-refractivity contribution >= 4 is 31.6 Å². The molecular weight excluding hydrogens is 528 g/mol. The molecule has 0 saturated carbocycles. The normalized spacial score (nSPS) is 11.4. The van der Waals surface area contributed by atoms with E-state index in [0.717, 1.165) is 0 Å². The fraction of sp³-hybridized carbons (Fsp3) is 0.643. The zero-order valence-corrected chi connectivity index (χ0v) is 24.6. The molecule has 38 heavy (non-hydrogen) atoms. The van der Waals surface area contributed by atoms with Gasteiger partial charge in [0.2, 0.25) is 0 Å². The van der Waals surface area contributed by atoms with Gasteiger partial charge in [-0.25, -0.2) is 0 Å².